The van der Waals surface area contributed by atoms with Gasteiger partial charge in [-0.1, -0.05) is 6.92 Å². The van der Waals surface area contributed by atoms with Crippen molar-refractivity contribution in [2.24, 2.45) is 0 Å². The van der Waals surface area contributed by atoms with E-state index in [0.717, 1.165) is 11.1 Å². The third-order valence-corrected chi connectivity index (χ3v) is 2.03. The van der Waals surface area contributed by atoms with Gasteiger partial charge in [0.05, 0.1) is 0 Å². The van der Waals surface area contributed by atoms with E-state index in [1.165, 1.54) is 0 Å². The second-order valence-corrected chi connectivity index (χ2v) is 2.80. The van der Waals surface area contributed by atoms with E-state index in [2.05, 4.69) is 4.98 Å². The van der Waals surface area contributed by atoms with Gasteiger partial charge in [-0.3, -0.25) is 4.98 Å². The molecule has 1 N–H and O–H groups in total. The lowest BCUT2D eigenvalue weighted by Gasteiger charge is -2.00. The molecule has 0 aromatic carbocycles. The Morgan fingerprint density at radius 1 is 1.55 bits per heavy atom. The fraction of sp³-hybridized carbons (Fsp3) is 0.222. The van der Waals surface area contributed by atoms with Gasteiger partial charge in [0, 0.05) is 23.9 Å². The highest BCUT2D eigenvalue weighted by Crippen LogP contribution is 2.32. The van der Waals surface area contributed by atoms with E-state index in [1.807, 2.05) is 19.1 Å². The molecule has 2 rings (SSSR count). The molecule has 0 radical (unpaired) electrons. The Kier molecular flexibility index (Phi) is 1.22. The van der Waals surface area contributed by atoms with Gasteiger partial charge in [-0.15, -0.1) is 0 Å². The molecule has 2 nitrogen and oxygen atoms in total. The zero-order valence-corrected chi connectivity index (χ0v) is 6.28. The number of aliphatic hydroxyl groups is 1. The zero-order chi connectivity index (χ0) is 7.84. The van der Waals surface area contributed by atoms with Gasteiger partial charge >= 0.3 is 0 Å². The molecule has 0 fully saturated rings. The first-order valence-corrected chi connectivity index (χ1v) is 3.64. The van der Waals surface area contributed by atoms with Crippen LogP contribution in [0.5, 0.6) is 0 Å². The van der Waals surface area contributed by atoms with Gasteiger partial charge in [0.2, 0.25) is 0 Å². The van der Waals surface area contributed by atoms with E-state index in [4.69, 9.17) is 0 Å². The van der Waals surface area contributed by atoms with Gasteiger partial charge in [-0.2, -0.15) is 0 Å². The fourth-order valence-corrected chi connectivity index (χ4v) is 1.42. The summed E-state index contributed by atoms with van der Waals surface area (Å²) in [7, 11) is 0. The van der Waals surface area contributed by atoms with Crippen LogP contribution in [0.15, 0.2) is 24.5 Å². The standard InChI is InChI=1S/C9H9NO/c1-6-4-9(11)7-2-3-10-5-8(6)7/h2-6,11H,1H3. The molecule has 0 saturated heterocycles. The Balaban J connectivity index is 2.62. The molecule has 0 amide bonds. The average molecular weight is 147 g/mol. The number of aromatic nitrogens is 1. The summed E-state index contributed by atoms with van der Waals surface area (Å²) in [5.74, 6) is 0.689. The predicted octanol–water partition coefficient (Wildman–Crippen LogP) is 2.10. The molecule has 0 spiro atoms. The average Bonchev–Trinajstić information content (AvgIpc) is 2.30. The highest BCUT2D eigenvalue weighted by Gasteiger charge is 2.18. The zero-order valence-electron chi connectivity index (χ0n) is 6.28. The summed E-state index contributed by atoms with van der Waals surface area (Å²) in [5.41, 5.74) is 2.04. The van der Waals surface area contributed by atoms with Gasteiger partial charge in [0.25, 0.3) is 0 Å². The number of nitrogens with zero attached hydrogens (tertiary/aromatic N) is 1. The van der Waals surface area contributed by atoms with Crippen molar-refractivity contribution in [3.63, 3.8) is 0 Å². The van der Waals surface area contributed by atoms with Crippen LogP contribution in [0, 0.1) is 0 Å². The van der Waals surface area contributed by atoms with Crippen molar-refractivity contribution in [3.8, 4) is 0 Å². The molecule has 0 bridgehead atoms. The topological polar surface area (TPSA) is 33.1 Å². The monoisotopic (exact) mass is 147 g/mol. The quantitative estimate of drug-likeness (QED) is 0.609. The molecule has 1 aliphatic rings. The van der Waals surface area contributed by atoms with Gasteiger partial charge in [0.15, 0.2) is 0 Å². The van der Waals surface area contributed by atoms with Crippen LogP contribution in [0.3, 0.4) is 0 Å². The summed E-state index contributed by atoms with van der Waals surface area (Å²) < 4.78 is 0. The lowest BCUT2D eigenvalue weighted by Crippen LogP contribution is -1.88. The summed E-state index contributed by atoms with van der Waals surface area (Å²) in [6, 6.07) is 1.84. The fourth-order valence-electron chi connectivity index (χ4n) is 1.42. The third kappa shape index (κ3) is 0.827. The molecule has 1 atom stereocenters. The number of fused-ring (bicyclic) bond motifs is 1. The predicted molar refractivity (Wildman–Crippen MR) is 43.3 cm³/mol. The first-order valence-electron chi connectivity index (χ1n) is 3.64. The van der Waals surface area contributed by atoms with Crippen molar-refractivity contribution in [1.82, 2.24) is 4.98 Å². The van der Waals surface area contributed by atoms with Gasteiger partial charge in [0.1, 0.15) is 5.76 Å². The Morgan fingerprint density at radius 3 is 3.09 bits per heavy atom. The Hall–Kier alpha value is -1.31. The third-order valence-electron chi connectivity index (χ3n) is 2.03. The molecule has 1 unspecified atom stereocenters. The lowest BCUT2D eigenvalue weighted by atomic mass is 10.1. The molecular formula is C9H9NO. The van der Waals surface area contributed by atoms with Crippen molar-refractivity contribution < 1.29 is 5.11 Å². The molecule has 1 heterocycles. The lowest BCUT2D eigenvalue weighted by molar-refractivity contribution is 0.512. The Labute approximate surface area is 65.2 Å². The van der Waals surface area contributed by atoms with Crippen LogP contribution in [0.25, 0.3) is 5.76 Å². The Bertz CT molecular complexity index is 317. The summed E-state index contributed by atoms with van der Waals surface area (Å²) >= 11 is 0. The van der Waals surface area contributed by atoms with Crippen LogP contribution in [0.4, 0.5) is 0 Å². The minimum Gasteiger partial charge on any atom is -0.508 e. The van der Waals surface area contributed by atoms with Gasteiger partial charge < -0.3 is 5.11 Å². The number of hydrogen-bond acceptors (Lipinski definition) is 2. The van der Waals surface area contributed by atoms with E-state index in [9.17, 15) is 5.11 Å². The molecule has 0 saturated carbocycles. The first kappa shape index (κ1) is 6.40. The van der Waals surface area contributed by atoms with Crippen molar-refractivity contribution >= 4 is 5.76 Å². The Morgan fingerprint density at radius 2 is 2.36 bits per heavy atom. The van der Waals surface area contributed by atoms with E-state index >= 15 is 0 Å². The number of pyridine rings is 1. The minimum absolute atomic E-state index is 0.304. The van der Waals surface area contributed by atoms with Crippen LogP contribution >= 0.6 is 0 Å². The summed E-state index contributed by atoms with van der Waals surface area (Å²) in [6.45, 7) is 2.05. The van der Waals surface area contributed by atoms with Gasteiger partial charge in [-0.05, 0) is 17.7 Å². The molecule has 56 valence electrons. The maximum absolute atomic E-state index is 9.39. The highest BCUT2D eigenvalue weighted by molar-refractivity contribution is 5.68. The summed E-state index contributed by atoms with van der Waals surface area (Å²) in [5, 5.41) is 9.39. The second-order valence-electron chi connectivity index (χ2n) is 2.80. The van der Waals surface area contributed by atoms with Gasteiger partial charge in [-0.25, -0.2) is 0 Å². The summed E-state index contributed by atoms with van der Waals surface area (Å²) in [6.07, 6.45) is 5.34. The smallest absolute Gasteiger partial charge is 0.119 e. The summed E-state index contributed by atoms with van der Waals surface area (Å²) in [4.78, 5) is 4.00. The maximum Gasteiger partial charge on any atom is 0.119 e. The molecule has 11 heavy (non-hydrogen) atoms. The highest BCUT2D eigenvalue weighted by atomic mass is 16.3. The molecular weight excluding hydrogens is 138 g/mol. The van der Waals surface area contributed by atoms with Crippen LogP contribution in [0.2, 0.25) is 0 Å². The number of rotatable bonds is 0. The first-order chi connectivity index (χ1) is 5.29. The number of allylic oxidation sites excluding steroid dienone is 1. The van der Waals surface area contributed by atoms with Crippen LogP contribution in [-0.2, 0) is 0 Å². The van der Waals surface area contributed by atoms with E-state index in [-0.39, 0.29) is 0 Å². The van der Waals surface area contributed by atoms with Crippen molar-refractivity contribution in [2.75, 3.05) is 0 Å². The van der Waals surface area contributed by atoms with E-state index in [1.54, 1.807) is 12.4 Å². The molecule has 0 aliphatic heterocycles. The van der Waals surface area contributed by atoms with E-state index < -0.39 is 0 Å². The van der Waals surface area contributed by atoms with Crippen molar-refractivity contribution in [1.29, 1.82) is 0 Å². The SMILES string of the molecule is CC1C=C(O)c2ccncc21. The molecule has 1 aromatic rings. The molecule has 1 aliphatic carbocycles. The van der Waals surface area contributed by atoms with Crippen LogP contribution in [-0.4, -0.2) is 10.1 Å². The minimum atomic E-state index is 0.304. The maximum atomic E-state index is 9.39. The second kappa shape index (κ2) is 2.09. The molecule has 1 aromatic heterocycles. The normalized spacial score (nSPS) is 21.2. The largest absolute Gasteiger partial charge is 0.508 e. The number of hydrogen-bond donors (Lipinski definition) is 1. The van der Waals surface area contributed by atoms with Crippen molar-refractivity contribution in [2.45, 2.75) is 12.8 Å². The van der Waals surface area contributed by atoms with Crippen molar-refractivity contribution in [3.05, 3.63) is 35.7 Å². The number of aliphatic hydroxyl groups excluding tert-OH is 1. The van der Waals surface area contributed by atoms with Crippen LogP contribution in [0.1, 0.15) is 24.0 Å². The van der Waals surface area contributed by atoms with E-state index in [0.29, 0.717) is 11.7 Å². The molecule has 2 heteroatoms. The van der Waals surface area contributed by atoms with Crippen LogP contribution < -0.4 is 0 Å².